The molecule has 42 heavy (non-hydrogen) atoms. The van der Waals surface area contributed by atoms with Gasteiger partial charge in [0.2, 0.25) is 21.8 Å². The standard InChI is InChI=1S/C31H36FN3O6S/c1-4-42(38,39)35(26-14-15-28-29(19-26)41-17-16-40-28)21-30(36)34(20-24-10-12-25(32)13-11-24)27(31(37)33-22(2)3)18-23-8-6-5-7-9-23/h5-15,19,22,27H,4,16-18,20-21H2,1-3H3,(H,33,37)/t27-/m0/s1. The van der Waals surface area contributed by atoms with Crippen molar-refractivity contribution in [3.63, 3.8) is 0 Å². The van der Waals surface area contributed by atoms with E-state index < -0.39 is 34.3 Å². The van der Waals surface area contributed by atoms with Crippen molar-refractivity contribution in [2.45, 2.75) is 45.8 Å². The molecule has 1 aliphatic heterocycles. The van der Waals surface area contributed by atoms with Crippen LogP contribution in [0.4, 0.5) is 10.1 Å². The highest BCUT2D eigenvalue weighted by atomic mass is 32.2. The van der Waals surface area contributed by atoms with Gasteiger partial charge in [-0.15, -0.1) is 0 Å². The average Bonchev–Trinajstić information content (AvgIpc) is 2.98. The lowest BCUT2D eigenvalue weighted by Gasteiger charge is -2.34. The first-order valence-electron chi connectivity index (χ1n) is 13.9. The number of hydrogen-bond acceptors (Lipinski definition) is 6. The second-order valence-corrected chi connectivity index (χ2v) is 12.4. The van der Waals surface area contributed by atoms with E-state index in [9.17, 15) is 22.4 Å². The van der Waals surface area contributed by atoms with Crippen molar-refractivity contribution in [3.8, 4) is 11.5 Å². The van der Waals surface area contributed by atoms with Crippen molar-refractivity contribution < 1.29 is 31.9 Å². The number of nitrogens with one attached hydrogen (secondary N) is 1. The Hall–Kier alpha value is -4.12. The van der Waals surface area contributed by atoms with E-state index in [0.717, 1.165) is 9.87 Å². The van der Waals surface area contributed by atoms with Gasteiger partial charge >= 0.3 is 0 Å². The van der Waals surface area contributed by atoms with Crippen LogP contribution in [-0.2, 0) is 32.6 Å². The van der Waals surface area contributed by atoms with Gasteiger partial charge in [0, 0.05) is 25.1 Å². The number of sulfonamides is 1. The summed E-state index contributed by atoms with van der Waals surface area (Å²) >= 11 is 0. The monoisotopic (exact) mass is 597 g/mol. The Morgan fingerprint density at radius 2 is 1.60 bits per heavy atom. The maximum atomic E-state index is 14.2. The maximum Gasteiger partial charge on any atom is 0.244 e. The van der Waals surface area contributed by atoms with E-state index in [-0.39, 0.29) is 36.4 Å². The van der Waals surface area contributed by atoms with Crippen LogP contribution in [0.3, 0.4) is 0 Å². The molecule has 224 valence electrons. The van der Waals surface area contributed by atoms with Gasteiger partial charge < -0.3 is 19.7 Å². The molecule has 0 aliphatic carbocycles. The van der Waals surface area contributed by atoms with Gasteiger partial charge in [0.15, 0.2) is 11.5 Å². The second-order valence-electron chi connectivity index (χ2n) is 10.3. The number of rotatable bonds is 12. The number of hydrogen-bond donors (Lipinski definition) is 1. The molecule has 1 aliphatic rings. The van der Waals surface area contributed by atoms with Gasteiger partial charge in [-0.3, -0.25) is 13.9 Å². The van der Waals surface area contributed by atoms with Gasteiger partial charge in [0.05, 0.1) is 11.4 Å². The van der Waals surface area contributed by atoms with Gasteiger partial charge in [-0.25, -0.2) is 12.8 Å². The minimum absolute atomic E-state index is 0.0384. The molecule has 11 heteroatoms. The van der Waals surface area contributed by atoms with Crippen molar-refractivity contribution in [3.05, 3.63) is 89.7 Å². The van der Waals surface area contributed by atoms with E-state index in [1.54, 1.807) is 12.1 Å². The van der Waals surface area contributed by atoms with Crippen molar-refractivity contribution >= 4 is 27.5 Å². The van der Waals surface area contributed by atoms with E-state index in [0.29, 0.717) is 30.3 Å². The molecule has 0 aromatic heterocycles. The Kier molecular flexibility index (Phi) is 10.1. The quantitative estimate of drug-likeness (QED) is 0.340. The molecule has 1 N–H and O–H groups in total. The lowest BCUT2D eigenvalue weighted by molar-refractivity contribution is -0.140. The second kappa shape index (κ2) is 13.7. The molecule has 0 bridgehead atoms. The van der Waals surface area contributed by atoms with Crippen LogP contribution in [0.15, 0.2) is 72.8 Å². The number of nitrogens with zero attached hydrogens (tertiary/aromatic N) is 2. The number of halogens is 1. The Labute approximate surface area is 246 Å². The molecule has 0 spiro atoms. The van der Waals surface area contributed by atoms with Gasteiger partial charge in [-0.05, 0) is 56.2 Å². The zero-order valence-corrected chi connectivity index (χ0v) is 24.8. The third-order valence-corrected chi connectivity index (χ3v) is 8.50. The SMILES string of the molecule is CCS(=O)(=O)N(CC(=O)N(Cc1ccc(F)cc1)[C@@H](Cc1ccccc1)C(=O)NC(C)C)c1ccc2c(c1)OCCO2. The summed E-state index contributed by atoms with van der Waals surface area (Å²) in [4.78, 5) is 29.1. The predicted molar refractivity (Wildman–Crippen MR) is 158 cm³/mol. The number of fused-ring (bicyclic) bond motifs is 1. The Morgan fingerprint density at radius 3 is 2.24 bits per heavy atom. The van der Waals surface area contributed by atoms with Gasteiger partial charge in [0.1, 0.15) is 31.6 Å². The van der Waals surface area contributed by atoms with Crippen molar-refractivity contribution in [2.24, 2.45) is 0 Å². The maximum absolute atomic E-state index is 14.2. The fraction of sp³-hybridized carbons (Fsp3) is 0.355. The van der Waals surface area contributed by atoms with Crippen LogP contribution < -0.4 is 19.1 Å². The fourth-order valence-corrected chi connectivity index (χ4v) is 5.68. The summed E-state index contributed by atoms with van der Waals surface area (Å²) in [7, 11) is -3.93. The zero-order chi connectivity index (χ0) is 30.3. The Morgan fingerprint density at radius 1 is 0.929 bits per heavy atom. The van der Waals surface area contributed by atoms with E-state index in [1.165, 1.54) is 42.2 Å². The molecular weight excluding hydrogens is 561 g/mol. The van der Waals surface area contributed by atoms with Crippen molar-refractivity contribution in [2.75, 3.05) is 29.8 Å². The van der Waals surface area contributed by atoms with Crippen molar-refractivity contribution in [1.82, 2.24) is 10.2 Å². The largest absolute Gasteiger partial charge is 0.486 e. The Bertz CT molecular complexity index is 1480. The molecule has 4 rings (SSSR count). The number of amides is 2. The first kappa shape index (κ1) is 30.8. The van der Waals surface area contributed by atoms with Crippen LogP contribution in [0.2, 0.25) is 0 Å². The first-order chi connectivity index (χ1) is 20.1. The van der Waals surface area contributed by atoms with E-state index in [2.05, 4.69) is 5.32 Å². The summed E-state index contributed by atoms with van der Waals surface area (Å²) < 4.78 is 52.6. The third-order valence-electron chi connectivity index (χ3n) is 6.76. The van der Waals surface area contributed by atoms with Crippen LogP contribution in [-0.4, -0.2) is 62.7 Å². The molecule has 1 atom stereocenters. The molecule has 9 nitrogen and oxygen atoms in total. The number of carbonyl (C=O) groups is 2. The van der Waals surface area contributed by atoms with E-state index in [4.69, 9.17) is 9.47 Å². The molecule has 0 saturated heterocycles. The lowest BCUT2D eigenvalue weighted by Crippen LogP contribution is -2.54. The summed E-state index contributed by atoms with van der Waals surface area (Å²) in [5.41, 5.74) is 1.65. The topological polar surface area (TPSA) is 105 Å². The molecule has 2 amide bonds. The van der Waals surface area contributed by atoms with Gasteiger partial charge in [0.25, 0.3) is 0 Å². The van der Waals surface area contributed by atoms with E-state index >= 15 is 0 Å². The molecule has 0 saturated carbocycles. The molecule has 0 unspecified atom stereocenters. The number of benzene rings is 3. The van der Waals surface area contributed by atoms with Crippen LogP contribution in [0.1, 0.15) is 31.9 Å². The van der Waals surface area contributed by atoms with Gasteiger partial charge in [-0.1, -0.05) is 42.5 Å². The Balaban J connectivity index is 1.74. The fourth-order valence-electron chi connectivity index (χ4n) is 4.63. The summed E-state index contributed by atoms with van der Waals surface area (Å²) in [6.45, 7) is 5.23. The molecule has 3 aromatic carbocycles. The van der Waals surface area contributed by atoms with Crippen LogP contribution in [0.25, 0.3) is 0 Å². The van der Waals surface area contributed by atoms with Crippen molar-refractivity contribution in [1.29, 1.82) is 0 Å². The summed E-state index contributed by atoms with van der Waals surface area (Å²) in [5, 5.41) is 2.90. The number of ether oxygens (including phenoxy) is 2. The minimum Gasteiger partial charge on any atom is -0.486 e. The third kappa shape index (κ3) is 7.79. The average molecular weight is 598 g/mol. The van der Waals surface area contributed by atoms with E-state index in [1.807, 2.05) is 44.2 Å². The molecule has 0 fully saturated rings. The lowest BCUT2D eigenvalue weighted by atomic mass is 10.0. The zero-order valence-electron chi connectivity index (χ0n) is 24.0. The molecular formula is C31H36FN3O6S. The summed E-state index contributed by atoms with van der Waals surface area (Å²) in [5.74, 6) is -0.803. The van der Waals surface area contributed by atoms with Crippen LogP contribution in [0, 0.1) is 5.82 Å². The highest BCUT2D eigenvalue weighted by Crippen LogP contribution is 2.35. The first-order valence-corrected chi connectivity index (χ1v) is 15.5. The summed E-state index contributed by atoms with van der Waals surface area (Å²) in [6, 6.07) is 18.4. The summed E-state index contributed by atoms with van der Waals surface area (Å²) in [6.07, 6.45) is 0.191. The molecule has 1 heterocycles. The van der Waals surface area contributed by atoms with Gasteiger partial charge in [-0.2, -0.15) is 0 Å². The number of carbonyl (C=O) groups excluding carboxylic acids is 2. The molecule has 3 aromatic rings. The highest BCUT2D eigenvalue weighted by Gasteiger charge is 2.34. The van der Waals surface area contributed by atoms with Crippen LogP contribution >= 0.6 is 0 Å². The van der Waals surface area contributed by atoms with Crippen LogP contribution in [0.5, 0.6) is 11.5 Å². The number of anilines is 1. The minimum atomic E-state index is -3.93. The highest BCUT2D eigenvalue weighted by molar-refractivity contribution is 7.92. The normalized spacial score (nSPS) is 13.4. The molecule has 0 radical (unpaired) electrons. The smallest absolute Gasteiger partial charge is 0.244 e. The predicted octanol–water partition coefficient (Wildman–Crippen LogP) is 3.92.